The van der Waals surface area contributed by atoms with E-state index in [-0.39, 0.29) is 11.6 Å². The fourth-order valence-corrected chi connectivity index (χ4v) is 2.64. The molecule has 0 bridgehead atoms. The summed E-state index contributed by atoms with van der Waals surface area (Å²) < 4.78 is 18.6. The minimum atomic E-state index is -0.329. The summed E-state index contributed by atoms with van der Waals surface area (Å²) in [5.74, 6) is -0.0550. The lowest BCUT2D eigenvalue weighted by atomic mass is 10.1. The number of rotatable bonds is 6. The number of nitrogens with one attached hydrogen (secondary N) is 1. The van der Waals surface area contributed by atoms with Crippen LogP contribution in [0.3, 0.4) is 0 Å². The Bertz CT molecular complexity index is 799. The van der Waals surface area contributed by atoms with Gasteiger partial charge in [-0.2, -0.15) is 0 Å². The van der Waals surface area contributed by atoms with Gasteiger partial charge in [0.1, 0.15) is 0 Å². The van der Waals surface area contributed by atoms with Crippen molar-refractivity contribution in [2.45, 2.75) is 13.0 Å². The van der Waals surface area contributed by atoms with Gasteiger partial charge >= 0.3 is 0 Å². The molecule has 0 aliphatic rings. The molecule has 0 fully saturated rings. The minimum Gasteiger partial charge on any atom is -0.494 e. The molecule has 1 N–H and O–H groups in total. The Kier molecular flexibility index (Phi) is 4.83. The molecule has 0 atom stereocenters. The van der Waals surface area contributed by atoms with E-state index in [0.717, 1.165) is 29.4 Å². The molecular formula is C19H19FN2O. The van der Waals surface area contributed by atoms with E-state index in [2.05, 4.69) is 34.6 Å². The third-order valence-electron chi connectivity index (χ3n) is 3.83. The first-order valence-electron chi connectivity index (χ1n) is 7.63. The van der Waals surface area contributed by atoms with Crippen LogP contribution < -0.4 is 10.1 Å². The third kappa shape index (κ3) is 3.66. The number of hydrogen-bond donors (Lipinski definition) is 1. The first kappa shape index (κ1) is 15.4. The molecule has 0 aliphatic carbocycles. The Morgan fingerprint density at radius 1 is 1.13 bits per heavy atom. The fraction of sp³-hybridized carbons (Fsp3) is 0.211. The minimum absolute atomic E-state index is 0.274. The Labute approximate surface area is 135 Å². The number of pyridine rings is 1. The highest BCUT2D eigenvalue weighted by atomic mass is 19.1. The van der Waals surface area contributed by atoms with Crippen LogP contribution in [0.15, 0.2) is 54.7 Å². The number of methoxy groups -OCH3 is 1. The number of hydrogen-bond acceptors (Lipinski definition) is 3. The van der Waals surface area contributed by atoms with E-state index in [1.807, 2.05) is 18.3 Å². The monoisotopic (exact) mass is 310 g/mol. The average Bonchev–Trinajstić information content (AvgIpc) is 2.59. The van der Waals surface area contributed by atoms with Gasteiger partial charge in [0.05, 0.1) is 12.6 Å². The van der Waals surface area contributed by atoms with E-state index in [9.17, 15) is 4.39 Å². The van der Waals surface area contributed by atoms with Gasteiger partial charge in [0.15, 0.2) is 11.6 Å². The van der Waals surface area contributed by atoms with Crippen molar-refractivity contribution in [3.63, 3.8) is 0 Å². The number of halogens is 1. The van der Waals surface area contributed by atoms with Gasteiger partial charge in [-0.1, -0.05) is 30.3 Å². The zero-order valence-electron chi connectivity index (χ0n) is 13.1. The van der Waals surface area contributed by atoms with E-state index in [1.54, 1.807) is 6.07 Å². The molecule has 1 aromatic heterocycles. The molecule has 4 heteroatoms. The fourth-order valence-electron chi connectivity index (χ4n) is 2.64. The van der Waals surface area contributed by atoms with Crippen LogP contribution in [0.2, 0.25) is 0 Å². The molecule has 0 spiro atoms. The zero-order valence-corrected chi connectivity index (χ0v) is 13.1. The quantitative estimate of drug-likeness (QED) is 0.705. The van der Waals surface area contributed by atoms with E-state index in [4.69, 9.17) is 4.74 Å². The van der Waals surface area contributed by atoms with Gasteiger partial charge in [0.2, 0.25) is 0 Å². The van der Waals surface area contributed by atoms with Crippen molar-refractivity contribution in [3.8, 4) is 5.75 Å². The second-order valence-electron chi connectivity index (χ2n) is 5.39. The average molecular weight is 310 g/mol. The first-order chi connectivity index (χ1) is 11.3. The van der Waals surface area contributed by atoms with Gasteiger partial charge in [-0.05, 0) is 42.3 Å². The SMILES string of the molecule is COc1ccc(CNCCc2cccc3cccnc23)cc1F. The number of nitrogens with zero attached hydrogens (tertiary/aromatic N) is 1. The van der Waals surface area contributed by atoms with Gasteiger partial charge in [0.25, 0.3) is 0 Å². The van der Waals surface area contributed by atoms with Crippen LogP contribution in [0.1, 0.15) is 11.1 Å². The molecule has 23 heavy (non-hydrogen) atoms. The molecular weight excluding hydrogens is 291 g/mol. The summed E-state index contributed by atoms with van der Waals surface area (Å²) in [6.07, 6.45) is 2.70. The summed E-state index contributed by atoms with van der Waals surface area (Å²) in [6, 6.07) is 15.3. The molecule has 0 saturated carbocycles. The lowest BCUT2D eigenvalue weighted by Gasteiger charge is -2.08. The van der Waals surface area contributed by atoms with E-state index in [1.165, 1.54) is 18.7 Å². The van der Waals surface area contributed by atoms with Crippen LogP contribution in [-0.2, 0) is 13.0 Å². The molecule has 0 unspecified atom stereocenters. The van der Waals surface area contributed by atoms with E-state index < -0.39 is 0 Å². The summed E-state index contributed by atoms with van der Waals surface area (Å²) in [5.41, 5.74) is 3.17. The lowest BCUT2D eigenvalue weighted by molar-refractivity contribution is 0.386. The number of benzene rings is 2. The molecule has 0 amide bonds. The van der Waals surface area contributed by atoms with Gasteiger partial charge < -0.3 is 10.1 Å². The highest BCUT2D eigenvalue weighted by Crippen LogP contribution is 2.18. The largest absolute Gasteiger partial charge is 0.494 e. The van der Waals surface area contributed by atoms with Crippen molar-refractivity contribution < 1.29 is 9.13 Å². The molecule has 1 heterocycles. The Morgan fingerprint density at radius 3 is 2.83 bits per heavy atom. The van der Waals surface area contributed by atoms with Crippen LogP contribution >= 0.6 is 0 Å². The molecule has 0 aliphatic heterocycles. The second kappa shape index (κ2) is 7.20. The highest BCUT2D eigenvalue weighted by Gasteiger charge is 2.04. The van der Waals surface area contributed by atoms with Crippen molar-refractivity contribution >= 4 is 10.9 Å². The van der Waals surface area contributed by atoms with Crippen LogP contribution in [0.25, 0.3) is 10.9 Å². The summed E-state index contributed by atoms with van der Waals surface area (Å²) >= 11 is 0. The van der Waals surface area contributed by atoms with Crippen molar-refractivity contribution in [1.82, 2.24) is 10.3 Å². The molecule has 0 saturated heterocycles. The van der Waals surface area contributed by atoms with Gasteiger partial charge in [-0.25, -0.2) is 4.39 Å². The predicted octanol–water partition coefficient (Wildman–Crippen LogP) is 3.71. The van der Waals surface area contributed by atoms with Gasteiger partial charge in [0, 0.05) is 18.1 Å². The van der Waals surface area contributed by atoms with Crippen LogP contribution in [0.4, 0.5) is 4.39 Å². The molecule has 3 rings (SSSR count). The normalized spacial score (nSPS) is 10.9. The summed E-state index contributed by atoms with van der Waals surface area (Å²) in [6.45, 7) is 1.43. The van der Waals surface area contributed by atoms with E-state index in [0.29, 0.717) is 6.54 Å². The van der Waals surface area contributed by atoms with Crippen molar-refractivity contribution in [2.24, 2.45) is 0 Å². The summed E-state index contributed by atoms with van der Waals surface area (Å²) in [7, 11) is 1.47. The van der Waals surface area contributed by atoms with Gasteiger partial charge in [-0.15, -0.1) is 0 Å². The van der Waals surface area contributed by atoms with Crippen LogP contribution in [-0.4, -0.2) is 18.6 Å². The number of fused-ring (bicyclic) bond motifs is 1. The number of ether oxygens (including phenoxy) is 1. The van der Waals surface area contributed by atoms with Crippen molar-refractivity contribution in [3.05, 3.63) is 71.7 Å². The molecule has 2 aromatic carbocycles. The van der Waals surface area contributed by atoms with Gasteiger partial charge in [-0.3, -0.25) is 4.98 Å². The summed E-state index contributed by atoms with van der Waals surface area (Å²) in [5, 5.41) is 4.50. The van der Waals surface area contributed by atoms with Crippen LogP contribution in [0.5, 0.6) is 5.75 Å². The van der Waals surface area contributed by atoms with Crippen molar-refractivity contribution in [1.29, 1.82) is 0 Å². The maximum Gasteiger partial charge on any atom is 0.165 e. The zero-order chi connectivity index (χ0) is 16.1. The van der Waals surface area contributed by atoms with E-state index >= 15 is 0 Å². The molecule has 118 valence electrons. The first-order valence-corrected chi connectivity index (χ1v) is 7.63. The molecule has 3 nitrogen and oxygen atoms in total. The number of para-hydroxylation sites is 1. The third-order valence-corrected chi connectivity index (χ3v) is 3.83. The molecule has 0 radical (unpaired) electrons. The highest BCUT2D eigenvalue weighted by molar-refractivity contribution is 5.81. The number of aromatic nitrogens is 1. The maximum absolute atomic E-state index is 13.6. The van der Waals surface area contributed by atoms with Crippen molar-refractivity contribution in [2.75, 3.05) is 13.7 Å². The standard InChI is InChI=1S/C19H19FN2O/c1-23-18-8-7-14(12-17(18)20)13-21-11-9-16-5-2-4-15-6-3-10-22-19(15)16/h2-8,10,12,21H,9,11,13H2,1H3. The van der Waals surface area contributed by atoms with Crippen LogP contribution in [0, 0.1) is 5.82 Å². The summed E-state index contributed by atoms with van der Waals surface area (Å²) in [4.78, 5) is 4.46. The smallest absolute Gasteiger partial charge is 0.165 e. The topological polar surface area (TPSA) is 34.1 Å². The Hall–Kier alpha value is -2.46. The lowest BCUT2D eigenvalue weighted by Crippen LogP contribution is -2.17. The Morgan fingerprint density at radius 2 is 2.00 bits per heavy atom. The molecule has 3 aromatic rings. The predicted molar refractivity (Wildman–Crippen MR) is 90.1 cm³/mol. The Balaban J connectivity index is 1.58. The maximum atomic E-state index is 13.6. The second-order valence-corrected chi connectivity index (χ2v) is 5.39.